The van der Waals surface area contributed by atoms with Gasteiger partial charge in [0.25, 0.3) is 0 Å². The quantitative estimate of drug-likeness (QED) is 0.434. The number of anilines is 1. The zero-order valence-corrected chi connectivity index (χ0v) is 21.3. The van der Waals surface area contributed by atoms with Gasteiger partial charge >= 0.3 is 6.03 Å². The summed E-state index contributed by atoms with van der Waals surface area (Å²) in [5, 5.41) is 12.2. The number of hydrazine groups is 1. The number of carbonyl (C=O) groups excluding carboxylic acids is 2. The van der Waals surface area contributed by atoms with E-state index in [0.29, 0.717) is 61.1 Å². The Hall–Kier alpha value is -3.51. The summed E-state index contributed by atoms with van der Waals surface area (Å²) < 4.78 is 16.7. The minimum Gasteiger partial charge on any atom is -0.497 e. The topological polar surface area (TPSA) is 121 Å². The highest BCUT2D eigenvalue weighted by Crippen LogP contribution is 2.43. The van der Waals surface area contributed by atoms with Crippen LogP contribution < -0.4 is 10.7 Å². The SMILES string of the molecule is O=C(Nc1cccc2c1C(=O)c1c(C3=CC=C(OCCN4CCOCC4)CC3)n[nH]c1-2)NN1CCOCC1. The van der Waals surface area contributed by atoms with Gasteiger partial charge in [-0.25, -0.2) is 9.80 Å². The Morgan fingerprint density at radius 3 is 2.58 bits per heavy atom. The monoisotopic (exact) mass is 520 g/mol. The van der Waals surface area contributed by atoms with Crippen molar-refractivity contribution >= 4 is 23.1 Å². The van der Waals surface area contributed by atoms with Crippen LogP contribution in [0.1, 0.15) is 34.5 Å². The molecule has 0 spiro atoms. The molecule has 2 aromatic rings. The number of carbonyl (C=O) groups is 2. The second-order valence-electron chi connectivity index (χ2n) is 9.67. The Morgan fingerprint density at radius 1 is 1.03 bits per heavy atom. The first-order chi connectivity index (χ1) is 18.7. The van der Waals surface area contributed by atoms with Gasteiger partial charge in [-0.05, 0) is 24.1 Å². The number of hydrogen-bond acceptors (Lipinski definition) is 8. The Labute approximate surface area is 220 Å². The number of amides is 2. The molecule has 2 aliphatic carbocycles. The second-order valence-corrected chi connectivity index (χ2v) is 9.67. The van der Waals surface area contributed by atoms with Crippen molar-refractivity contribution in [1.82, 2.24) is 25.5 Å². The summed E-state index contributed by atoms with van der Waals surface area (Å²) in [6, 6.07) is 5.07. The Kier molecular flexibility index (Phi) is 7.23. The summed E-state index contributed by atoms with van der Waals surface area (Å²) >= 11 is 0. The predicted octanol–water partition coefficient (Wildman–Crippen LogP) is 2.40. The van der Waals surface area contributed by atoms with E-state index in [1.165, 1.54) is 0 Å². The number of ketones is 1. The van der Waals surface area contributed by atoms with Crippen molar-refractivity contribution < 1.29 is 23.8 Å². The van der Waals surface area contributed by atoms with E-state index in [1.54, 1.807) is 11.1 Å². The number of hydrogen-bond donors (Lipinski definition) is 3. The molecule has 1 aromatic heterocycles. The van der Waals surface area contributed by atoms with Crippen LogP contribution in [0.5, 0.6) is 0 Å². The van der Waals surface area contributed by atoms with Crippen molar-refractivity contribution in [2.75, 3.05) is 71.1 Å². The number of aromatic nitrogens is 2. The van der Waals surface area contributed by atoms with E-state index >= 15 is 0 Å². The van der Waals surface area contributed by atoms with E-state index in [2.05, 4.69) is 25.8 Å². The van der Waals surface area contributed by atoms with Gasteiger partial charge in [0, 0.05) is 44.7 Å². The molecule has 6 rings (SSSR count). The summed E-state index contributed by atoms with van der Waals surface area (Å²) in [5.41, 5.74) is 7.42. The molecule has 200 valence electrons. The fraction of sp³-hybridized carbons (Fsp3) is 0.444. The van der Waals surface area contributed by atoms with Gasteiger partial charge < -0.3 is 19.5 Å². The largest absolute Gasteiger partial charge is 0.497 e. The molecule has 2 aliphatic heterocycles. The van der Waals surface area contributed by atoms with Gasteiger partial charge in [-0.1, -0.05) is 18.2 Å². The molecule has 38 heavy (non-hydrogen) atoms. The molecule has 2 amide bonds. The first-order valence-electron chi connectivity index (χ1n) is 13.2. The molecule has 2 fully saturated rings. The Balaban J connectivity index is 1.13. The number of aromatic amines is 1. The number of morpholine rings is 2. The van der Waals surface area contributed by atoms with Crippen molar-refractivity contribution in [2.24, 2.45) is 0 Å². The summed E-state index contributed by atoms with van der Waals surface area (Å²) in [5.74, 6) is 0.806. The number of allylic oxidation sites excluding steroid dienone is 4. The smallest absolute Gasteiger partial charge is 0.333 e. The third-order valence-electron chi connectivity index (χ3n) is 7.29. The van der Waals surface area contributed by atoms with Crippen LogP contribution in [-0.2, 0) is 14.2 Å². The molecule has 0 bridgehead atoms. The van der Waals surface area contributed by atoms with Crippen molar-refractivity contribution in [3.05, 3.63) is 52.9 Å². The lowest BCUT2D eigenvalue weighted by atomic mass is 9.96. The molecule has 0 atom stereocenters. The van der Waals surface area contributed by atoms with Gasteiger partial charge in [0.2, 0.25) is 0 Å². The average molecular weight is 521 g/mol. The first kappa shape index (κ1) is 24.8. The number of benzene rings is 1. The van der Waals surface area contributed by atoms with Gasteiger partial charge in [0.1, 0.15) is 6.61 Å². The molecule has 3 N–H and O–H groups in total. The van der Waals surface area contributed by atoms with Gasteiger partial charge in [0.15, 0.2) is 5.78 Å². The zero-order chi connectivity index (χ0) is 25.9. The highest BCUT2D eigenvalue weighted by molar-refractivity contribution is 6.26. The van der Waals surface area contributed by atoms with Crippen molar-refractivity contribution in [1.29, 1.82) is 0 Å². The van der Waals surface area contributed by atoms with Crippen molar-refractivity contribution in [3.63, 3.8) is 0 Å². The molecule has 0 radical (unpaired) electrons. The summed E-state index contributed by atoms with van der Waals surface area (Å²) in [6.45, 7) is 7.36. The summed E-state index contributed by atoms with van der Waals surface area (Å²) in [7, 11) is 0. The van der Waals surface area contributed by atoms with E-state index in [1.807, 2.05) is 24.3 Å². The van der Waals surface area contributed by atoms with Gasteiger partial charge in [-0.3, -0.25) is 20.2 Å². The Bertz CT molecular complexity index is 1270. The molecule has 4 aliphatic rings. The molecule has 1 aromatic carbocycles. The van der Waals surface area contributed by atoms with Crippen LogP contribution in [-0.4, -0.2) is 97.7 Å². The van der Waals surface area contributed by atoms with E-state index in [4.69, 9.17) is 14.2 Å². The fourth-order valence-corrected chi connectivity index (χ4v) is 5.26. The van der Waals surface area contributed by atoms with Crippen LogP contribution in [0.2, 0.25) is 0 Å². The zero-order valence-electron chi connectivity index (χ0n) is 21.3. The van der Waals surface area contributed by atoms with Crippen LogP contribution in [0.4, 0.5) is 10.5 Å². The molecular formula is C27H32N6O5. The maximum absolute atomic E-state index is 13.6. The van der Waals surface area contributed by atoms with Crippen molar-refractivity contribution in [2.45, 2.75) is 12.8 Å². The van der Waals surface area contributed by atoms with Crippen LogP contribution in [0, 0.1) is 0 Å². The van der Waals surface area contributed by atoms with E-state index in [9.17, 15) is 9.59 Å². The molecular weight excluding hydrogens is 488 g/mol. The van der Waals surface area contributed by atoms with E-state index in [0.717, 1.165) is 62.6 Å². The molecule has 3 heterocycles. The lowest BCUT2D eigenvalue weighted by Crippen LogP contribution is -2.49. The van der Waals surface area contributed by atoms with E-state index in [-0.39, 0.29) is 11.8 Å². The van der Waals surface area contributed by atoms with Crippen molar-refractivity contribution in [3.8, 4) is 11.3 Å². The lowest BCUT2D eigenvalue weighted by molar-refractivity contribution is 0.0207. The number of rotatable bonds is 7. The fourth-order valence-electron chi connectivity index (χ4n) is 5.26. The van der Waals surface area contributed by atoms with Gasteiger partial charge in [-0.15, -0.1) is 0 Å². The van der Waals surface area contributed by atoms with Crippen LogP contribution in [0.3, 0.4) is 0 Å². The number of fused-ring (bicyclic) bond motifs is 3. The summed E-state index contributed by atoms with van der Waals surface area (Å²) in [6.07, 6.45) is 5.47. The molecule has 11 heteroatoms. The molecule has 2 saturated heterocycles. The predicted molar refractivity (Wildman–Crippen MR) is 141 cm³/mol. The standard InChI is InChI=1S/C27H32N6O5/c34-26-22-20(2-1-3-21(22)28-27(35)31-33-11-15-37-16-12-33)25-23(26)24(29-30-25)18-4-6-19(7-5-18)38-17-10-32-8-13-36-14-9-32/h1-4,6H,5,7-17H2,(H,29,30)(H2,28,31,35). The number of nitrogens with one attached hydrogen (secondary N) is 3. The molecule has 11 nitrogen and oxygen atoms in total. The average Bonchev–Trinajstić information content (AvgIpc) is 3.50. The molecule has 0 unspecified atom stereocenters. The third kappa shape index (κ3) is 5.10. The highest BCUT2D eigenvalue weighted by atomic mass is 16.5. The first-order valence-corrected chi connectivity index (χ1v) is 13.2. The normalized spacial score (nSPS) is 19.8. The minimum absolute atomic E-state index is 0.140. The maximum Gasteiger partial charge on any atom is 0.333 e. The highest BCUT2D eigenvalue weighted by Gasteiger charge is 2.35. The maximum atomic E-state index is 13.6. The third-order valence-corrected chi connectivity index (χ3v) is 7.29. The van der Waals surface area contributed by atoms with E-state index < -0.39 is 0 Å². The van der Waals surface area contributed by atoms with Crippen LogP contribution >= 0.6 is 0 Å². The van der Waals surface area contributed by atoms with Crippen LogP contribution in [0.15, 0.2) is 36.1 Å². The number of urea groups is 1. The molecule has 0 saturated carbocycles. The number of ether oxygens (including phenoxy) is 3. The lowest BCUT2D eigenvalue weighted by Gasteiger charge is -2.27. The van der Waals surface area contributed by atoms with Gasteiger partial charge in [0.05, 0.1) is 60.4 Å². The minimum atomic E-state index is -0.386. The van der Waals surface area contributed by atoms with Crippen LogP contribution in [0.25, 0.3) is 16.8 Å². The second kappa shape index (κ2) is 11.1. The summed E-state index contributed by atoms with van der Waals surface area (Å²) in [4.78, 5) is 28.6. The number of H-pyrrole nitrogens is 1. The Morgan fingerprint density at radius 2 is 1.82 bits per heavy atom. The van der Waals surface area contributed by atoms with Gasteiger partial charge in [-0.2, -0.15) is 5.10 Å². The number of nitrogens with zero attached hydrogens (tertiary/aromatic N) is 3.